The second-order valence-corrected chi connectivity index (χ2v) is 8.36. The summed E-state index contributed by atoms with van der Waals surface area (Å²) in [6.07, 6.45) is 0. The number of carbonyl (C=O) groups is 1. The number of hydrogen-bond acceptors (Lipinski definition) is 9. The highest BCUT2D eigenvalue weighted by atomic mass is 32.2. The van der Waals surface area contributed by atoms with Crippen molar-refractivity contribution in [2.75, 3.05) is 48.8 Å². The van der Waals surface area contributed by atoms with E-state index in [0.29, 0.717) is 22.5 Å². The van der Waals surface area contributed by atoms with Gasteiger partial charge in [-0.3, -0.25) is 9.89 Å². The molecule has 0 spiro atoms. The minimum Gasteiger partial charge on any atom is -0.490 e. The highest BCUT2D eigenvalue weighted by Gasteiger charge is 2.23. The monoisotopic (exact) mass is 454 g/mol. The van der Waals surface area contributed by atoms with Crippen molar-refractivity contribution in [3.63, 3.8) is 0 Å². The van der Waals surface area contributed by atoms with Crippen molar-refractivity contribution in [2.45, 2.75) is 23.9 Å². The number of methoxy groups -OCH3 is 1. The van der Waals surface area contributed by atoms with Gasteiger partial charge in [-0.15, -0.1) is 0 Å². The van der Waals surface area contributed by atoms with Crippen LogP contribution >= 0.6 is 11.8 Å². The third kappa shape index (κ3) is 5.29. The number of ether oxygens (including phenoxy) is 1. The molecule has 3 heterocycles. The Kier molecular flexibility index (Phi) is 6.76. The third-order valence-corrected chi connectivity index (χ3v) is 5.66. The Labute approximate surface area is 190 Å². The average molecular weight is 455 g/mol. The van der Waals surface area contributed by atoms with E-state index in [2.05, 4.69) is 31.0 Å². The van der Waals surface area contributed by atoms with Crippen molar-refractivity contribution in [2.24, 2.45) is 0 Å². The fourth-order valence-electron chi connectivity index (χ4n) is 3.35. The van der Waals surface area contributed by atoms with Crippen molar-refractivity contribution in [1.29, 1.82) is 0 Å². The standard InChI is InChI=1S/C21H26N8O2S/c1-13-12-17(28-27-13)24-19-18(31-3)20(29-10-8-22-9-11-29)26-21(25-19)32-16-6-4-15(5-7-16)23-14(2)30/h4-7,12,22H,8-11H2,1-3H3,(H,23,30)(H2,24,25,26,27,28). The van der Waals surface area contributed by atoms with Crippen LogP contribution in [-0.2, 0) is 4.79 Å². The van der Waals surface area contributed by atoms with Crippen LogP contribution in [0.4, 0.5) is 23.1 Å². The quantitative estimate of drug-likeness (QED) is 0.399. The first-order valence-electron chi connectivity index (χ1n) is 10.3. The van der Waals surface area contributed by atoms with Gasteiger partial charge in [-0.2, -0.15) is 5.10 Å². The maximum absolute atomic E-state index is 11.3. The average Bonchev–Trinajstić information content (AvgIpc) is 3.19. The van der Waals surface area contributed by atoms with E-state index in [9.17, 15) is 4.79 Å². The van der Waals surface area contributed by atoms with Gasteiger partial charge in [0.05, 0.1) is 7.11 Å². The Hall–Kier alpha value is -3.31. The van der Waals surface area contributed by atoms with Gasteiger partial charge < -0.3 is 25.6 Å². The van der Waals surface area contributed by atoms with Gasteiger partial charge in [0.25, 0.3) is 0 Å². The lowest BCUT2D eigenvalue weighted by atomic mass is 10.3. The summed E-state index contributed by atoms with van der Waals surface area (Å²) in [4.78, 5) is 24.0. The maximum atomic E-state index is 11.3. The van der Waals surface area contributed by atoms with Crippen molar-refractivity contribution < 1.29 is 9.53 Å². The number of H-pyrrole nitrogens is 1. The highest BCUT2D eigenvalue weighted by Crippen LogP contribution is 2.38. The fraction of sp³-hybridized carbons (Fsp3) is 0.333. The summed E-state index contributed by atoms with van der Waals surface area (Å²) in [6, 6.07) is 9.47. The van der Waals surface area contributed by atoms with Gasteiger partial charge in [0.1, 0.15) is 0 Å². The van der Waals surface area contributed by atoms with E-state index in [4.69, 9.17) is 14.7 Å². The zero-order chi connectivity index (χ0) is 22.5. The summed E-state index contributed by atoms with van der Waals surface area (Å²) in [6.45, 7) is 6.82. The van der Waals surface area contributed by atoms with Crippen LogP contribution in [0.2, 0.25) is 0 Å². The van der Waals surface area contributed by atoms with Crippen molar-refractivity contribution in [1.82, 2.24) is 25.5 Å². The predicted molar refractivity (Wildman–Crippen MR) is 125 cm³/mol. The number of anilines is 4. The molecule has 10 nitrogen and oxygen atoms in total. The molecule has 0 aliphatic carbocycles. The van der Waals surface area contributed by atoms with Gasteiger partial charge in [0.15, 0.2) is 22.6 Å². The largest absolute Gasteiger partial charge is 0.490 e. The molecule has 0 saturated carbocycles. The first-order chi connectivity index (χ1) is 15.5. The van der Waals surface area contributed by atoms with E-state index in [1.807, 2.05) is 37.3 Å². The fourth-order valence-corrected chi connectivity index (χ4v) is 4.10. The second kappa shape index (κ2) is 9.88. The lowest BCUT2D eigenvalue weighted by molar-refractivity contribution is -0.114. The van der Waals surface area contributed by atoms with Crippen LogP contribution < -0.4 is 25.6 Å². The maximum Gasteiger partial charge on any atom is 0.221 e. The Morgan fingerprint density at radius 2 is 1.94 bits per heavy atom. The molecule has 11 heteroatoms. The van der Waals surface area contributed by atoms with Crippen LogP contribution in [0, 0.1) is 6.92 Å². The minimum atomic E-state index is -0.103. The molecule has 168 valence electrons. The summed E-state index contributed by atoms with van der Waals surface area (Å²) >= 11 is 1.44. The number of hydrogen-bond donors (Lipinski definition) is 4. The topological polar surface area (TPSA) is 120 Å². The molecule has 1 aromatic carbocycles. The molecule has 1 aliphatic heterocycles. The zero-order valence-electron chi connectivity index (χ0n) is 18.2. The Bertz CT molecular complexity index is 1080. The van der Waals surface area contributed by atoms with Crippen LogP contribution in [0.5, 0.6) is 5.75 Å². The Morgan fingerprint density at radius 1 is 1.19 bits per heavy atom. The summed E-state index contributed by atoms with van der Waals surface area (Å²) < 4.78 is 5.73. The molecule has 1 saturated heterocycles. The van der Waals surface area contributed by atoms with Crippen molar-refractivity contribution in [3.05, 3.63) is 36.0 Å². The number of nitrogens with zero attached hydrogens (tertiary/aromatic N) is 4. The van der Waals surface area contributed by atoms with Crippen LogP contribution in [0.15, 0.2) is 40.4 Å². The molecular formula is C21H26N8O2S. The van der Waals surface area contributed by atoms with Crippen molar-refractivity contribution >= 4 is 40.8 Å². The molecule has 4 N–H and O–H groups in total. The first kappa shape index (κ1) is 21.9. The number of amides is 1. The lowest BCUT2D eigenvalue weighted by Crippen LogP contribution is -2.44. The SMILES string of the molecule is COc1c(Nc2cc(C)[nH]n2)nc(Sc2ccc(NC(C)=O)cc2)nc1N1CCNCC1. The number of rotatable bonds is 7. The number of aromatic amines is 1. The van der Waals surface area contributed by atoms with Gasteiger partial charge in [0, 0.05) is 55.4 Å². The van der Waals surface area contributed by atoms with Gasteiger partial charge in [-0.05, 0) is 43.0 Å². The molecule has 0 unspecified atom stereocenters. The third-order valence-electron chi connectivity index (χ3n) is 4.78. The van der Waals surface area contributed by atoms with Crippen LogP contribution in [0.25, 0.3) is 0 Å². The summed E-state index contributed by atoms with van der Waals surface area (Å²) in [5.74, 6) is 2.43. The molecule has 0 bridgehead atoms. The Balaban J connectivity index is 1.67. The molecule has 3 aromatic rings. The van der Waals surface area contributed by atoms with E-state index in [-0.39, 0.29) is 5.91 Å². The molecule has 2 aromatic heterocycles. The van der Waals surface area contributed by atoms with Gasteiger partial charge in [-0.25, -0.2) is 9.97 Å². The van der Waals surface area contributed by atoms with E-state index in [1.54, 1.807) is 7.11 Å². The van der Waals surface area contributed by atoms with E-state index in [1.165, 1.54) is 18.7 Å². The molecule has 32 heavy (non-hydrogen) atoms. The molecular weight excluding hydrogens is 428 g/mol. The van der Waals surface area contributed by atoms with Gasteiger partial charge in [0.2, 0.25) is 11.7 Å². The van der Waals surface area contributed by atoms with Crippen LogP contribution in [0.1, 0.15) is 12.6 Å². The number of aromatic nitrogens is 4. The number of nitrogens with one attached hydrogen (secondary N) is 4. The van der Waals surface area contributed by atoms with Crippen LogP contribution in [-0.4, -0.2) is 59.4 Å². The summed E-state index contributed by atoms with van der Waals surface area (Å²) in [7, 11) is 1.62. The van der Waals surface area contributed by atoms with E-state index in [0.717, 1.165) is 48.3 Å². The molecule has 1 amide bonds. The number of aryl methyl sites for hydroxylation is 1. The van der Waals surface area contributed by atoms with Gasteiger partial charge in [-0.1, -0.05) is 0 Å². The summed E-state index contributed by atoms with van der Waals surface area (Å²) in [5.41, 5.74) is 1.69. The molecule has 4 rings (SSSR count). The van der Waals surface area contributed by atoms with E-state index < -0.39 is 0 Å². The smallest absolute Gasteiger partial charge is 0.221 e. The highest BCUT2D eigenvalue weighted by molar-refractivity contribution is 7.99. The van der Waals surface area contributed by atoms with E-state index >= 15 is 0 Å². The zero-order valence-corrected chi connectivity index (χ0v) is 19.0. The van der Waals surface area contributed by atoms with Crippen LogP contribution in [0.3, 0.4) is 0 Å². The minimum absolute atomic E-state index is 0.103. The number of piperazine rings is 1. The molecule has 0 radical (unpaired) electrons. The number of benzene rings is 1. The first-order valence-corrected chi connectivity index (χ1v) is 11.1. The van der Waals surface area contributed by atoms with Gasteiger partial charge >= 0.3 is 0 Å². The normalized spacial score (nSPS) is 13.7. The predicted octanol–water partition coefficient (Wildman–Crippen LogP) is 2.78. The molecule has 1 aliphatic rings. The lowest BCUT2D eigenvalue weighted by Gasteiger charge is -2.30. The number of carbonyl (C=O) groups excluding carboxylic acids is 1. The van der Waals surface area contributed by atoms with Crippen molar-refractivity contribution in [3.8, 4) is 5.75 Å². The molecule has 0 atom stereocenters. The Morgan fingerprint density at radius 3 is 2.56 bits per heavy atom. The second-order valence-electron chi connectivity index (χ2n) is 7.32. The summed E-state index contributed by atoms with van der Waals surface area (Å²) in [5, 5.41) is 17.2. The molecule has 1 fully saturated rings.